The van der Waals surface area contributed by atoms with E-state index in [2.05, 4.69) is 46.9 Å². The number of carbonyl (C=O) groups is 2. The minimum atomic E-state index is -0.710. The van der Waals surface area contributed by atoms with Crippen molar-refractivity contribution in [3.8, 4) is 0 Å². The number of carboxylic acid groups (broad SMARTS) is 1. The van der Waals surface area contributed by atoms with Crippen molar-refractivity contribution in [3.63, 3.8) is 0 Å². The van der Waals surface area contributed by atoms with Crippen molar-refractivity contribution in [3.05, 3.63) is 0 Å². The number of carboxylic acids is 1. The van der Waals surface area contributed by atoms with Gasteiger partial charge in [-0.2, -0.15) is 0 Å². The van der Waals surface area contributed by atoms with Gasteiger partial charge in [-0.1, -0.05) is 97.3 Å². The molecule has 1 saturated heterocycles. The molecular weight excluding hydrogens is 462 g/mol. The van der Waals surface area contributed by atoms with Gasteiger partial charge in [-0.15, -0.1) is 0 Å². The Hall–Kier alpha value is -1.10. The Balaban J connectivity index is 2.42. The third-order valence-electron chi connectivity index (χ3n) is 7.80. The third-order valence-corrected chi connectivity index (χ3v) is 7.80. The normalized spacial score (nSPS) is 18.1. The van der Waals surface area contributed by atoms with E-state index in [-0.39, 0.29) is 35.5 Å². The molecule has 0 aliphatic carbocycles. The molecule has 1 unspecified atom stereocenters. The molecule has 0 saturated carbocycles. The maximum absolute atomic E-state index is 13.3. The molecule has 0 bridgehead atoms. The van der Waals surface area contributed by atoms with E-state index < -0.39 is 5.97 Å². The summed E-state index contributed by atoms with van der Waals surface area (Å²) in [5.41, 5.74) is -0.0696. The van der Waals surface area contributed by atoms with Gasteiger partial charge in [0.25, 0.3) is 0 Å². The van der Waals surface area contributed by atoms with Crippen molar-refractivity contribution in [2.75, 3.05) is 0 Å². The van der Waals surface area contributed by atoms with Crippen LogP contribution in [-0.4, -0.2) is 34.2 Å². The van der Waals surface area contributed by atoms with E-state index >= 15 is 0 Å². The number of piperidine rings is 1. The van der Waals surface area contributed by atoms with Gasteiger partial charge in [-0.3, -0.25) is 9.59 Å². The Morgan fingerprint density at radius 2 is 1.14 bits per heavy atom. The highest BCUT2D eigenvalue weighted by Gasteiger charge is 2.40. The largest absolute Gasteiger partial charge is 0.481 e. The van der Waals surface area contributed by atoms with Gasteiger partial charge in [0, 0.05) is 30.3 Å². The summed E-state index contributed by atoms with van der Waals surface area (Å²) in [7, 11) is 0. The maximum Gasteiger partial charge on any atom is 0.309 e. The van der Waals surface area contributed by atoms with E-state index in [1.807, 2.05) is 0 Å². The molecule has 0 aromatic heterocycles. The molecule has 0 aromatic carbocycles. The summed E-state index contributed by atoms with van der Waals surface area (Å²) in [6.45, 7) is 13.4. The molecule has 1 aliphatic heterocycles. The fourth-order valence-corrected chi connectivity index (χ4v) is 6.15. The predicted octanol–water partition coefficient (Wildman–Crippen LogP) is 8.83. The van der Waals surface area contributed by atoms with Crippen LogP contribution in [0.1, 0.15) is 164 Å². The SMILES string of the molecule is CC(C)CCCCCCCCCCC(CCCCCCCC(=O)O)C(=O)OC1CC(C)(C)NC(C)(C)C1. The van der Waals surface area contributed by atoms with Crippen LogP contribution < -0.4 is 5.32 Å². The van der Waals surface area contributed by atoms with Crippen molar-refractivity contribution >= 4 is 11.9 Å². The highest BCUT2D eigenvalue weighted by molar-refractivity contribution is 5.72. The van der Waals surface area contributed by atoms with Crippen LogP contribution in [0.15, 0.2) is 0 Å². The molecule has 0 spiro atoms. The second-order valence-corrected chi connectivity index (χ2v) is 13.6. The standard InChI is InChI=1S/C32H61NO4/c1-26(2)20-16-12-9-7-8-10-13-17-21-27(22-18-14-11-15-19-23-29(34)35)30(36)37-28-24-31(3,4)33-32(5,6)25-28/h26-28,33H,7-25H2,1-6H3,(H,34,35). The Morgan fingerprint density at radius 3 is 1.57 bits per heavy atom. The number of hydrogen-bond acceptors (Lipinski definition) is 4. The molecule has 37 heavy (non-hydrogen) atoms. The first-order valence-corrected chi connectivity index (χ1v) is 15.6. The van der Waals surface area contributed by atoms with Gasteiger partial charge >= 0.3 is 11.9 Å². The summed E-state index contributed by atoms with van der Waals surface area (Å²) >= 11 is 0. The summed E-state index contributed by atoms with van der Waals surface area (Å²) in [6, 6.07) is 0. The smallest absolute Gasteiger partial charge is 0.309 e. The van der Waals surface area contributed by atoms with Crippen LogP contribution in [0.4, 0.5) is 0 Å². The summed E-state index contributed by atoms with van der Waals surface area (Å²) in [5, 5.41) is 12.5. The highest BCUT2D eigenvalue weighted by Crippen LogP contribution is 2.32. The van der Waals surface area contributed by atoms with Crippen LogP contribution in [-0.2, 0) is 14.3 Å². The van der Waals surface area contributed by atoms with Crippen LogP contribution in [0.2, 0.25) is 0 Å². The lowest BCUT2D eigenvalue weighted by molar-refractivity contribution is -0.158. The number of ether oxygens (including phenoxy) is 1. The van der Waals surface area contributed by atoms with Crippen molar-refractivity contribution in [2.24, 2.45) is 11.8 Å². The molecule has 0 aromatic rings. The molecule has 1 fully saturated rings. The van der Waals surface area contributed by atoms with E-state index in [0.29, 0.717) is 0 Å². The molecule has 1 rings (SSSR count). The lowest BCUT2D eigenvalue weighted by Crippen LogP contribution is -2.59. The van der Waals surface area contributed by atoms with Crippen LogP contribution in [0.5, 0.6) is 0 Å². The van der Waals surface area contributed by atoms with Gasteiger partial charge in [-0.05, 0) is 52.9 Å². The van der Waals surface area contributed by atoms with Crippen LogP contribution in [0.3, 0.4) is 0 Å². The number of unbranched alkanes of at least 4 members (excludes halogenated alkanes) is 11. The van der Waals surface area contributed by atoms with Crippen LogP contribution in [0, 0.1) is 11.8 Å². The first kappa shape index (κ1) is 33.9. The summed E-state index contributed by atoms with van der Waals surface area (Å²) in [5.74, 6) is 0.119. The number of esters is 1. The van der Waals surface area contributed by atoms with E-state index in [9.17, 15) is 9.59 Å². The Bertz CT molecular complexity index is 612. The number of rotatable bonds is 21. The van der Waals surface area contributed by atoms with Crippen molar-refractivity contribution < 1.29 is 19.4 Å². The fourth-order valence-electron chi connectivity index (χ4n) is 6.15. The molecule has 1 atom stereocenters. The fraction of sp³-hybridized carbons (Fsp3) is 0.938. The third kappa shape index (κ3) is 17.9. The van der Waals surface area contributed by atoms with E-state index in [1.165, 1.54) is 51.4 Å². The lowest BCUT2D eigenvalue weighted by Gasteiger charge is -2.46. The number of hydrogen-bond donors (Lipinski definition) is 2. The van der Waals surface area contributed by atoms with Gasteiger partial charge in [0.2, 0.25) is 0 Å². The highest BCUT2D eigenvalue weighted by atomic mass is 16.5. The molecule has 218 valence electrons. The van der Waals surface area contributed by atoms with Crippen molar-refractivity contribution in [2.45, 2.75) is 181 Å². The van der Waals surface area contributed by atoms with Gasteiger partial charge in [-0.25, -0.2) is 0 Å². The van der Waals surface area contributed by atoms with E-state index in [0.717, 1.165) is 70.1 Å². The maximum atomic E-state index is 13.3. The average Bonchev–Trinajstić information content (AvgIpc) is 2.75. The molecule has 2 N–H and O–H groups in total. The molecular formula is C32H61NO4. The second-order valence-electron chi connectivity index (χ2n) is 13.6. The molecule has 0 radical (unpaired) electrons. The van der Waals surface area contributed by atoms with E-state index in [4.69, 9.17) is 9.84 Å². The lowest BCUT2D eigenvalue weighted by atomic mass is 9.81. The van der Waals surface area contributed by atoms with Gasteiger partial charge < -0.3 is 15.2 Å². The summed E-state index contributed by atoms with van der Waals surface area (Å²) in [4.78, 5) is 24.0. The van der Waals surface area contributed by atoms with Gasteiger partial charge in [0.15, 0.2) is 0 Å². The zero-order valence-corrected chi connectivity index (χ0v) is 25.3. The van der Waals surface area contributed by atoms with Crippen LogP contribution in [0.25, 0.3) is 0 Å². The first-order chi connectivity index (χ1) is 17.4. The predicted molar refractivity (Wildman–Crippen MR) is 155 cm³/mol. The summed E-state index contributed by atoms with van der Waals surface area (Å²) < 4.78 is 6.15. The van der Waals surface area contributed by atoms with Crippen molar-refractivity contribution in [1.29, 1.82) is 0 Å². The van der Waals surface area contributed by atoms with Gasteiger partial charge in [0.05, 0.1) is 5.92 Å². The molecule has 5 nitrogen and oxygen atoms in total. The Kier molecular flexibility index (Phi) is 16.7. The quantitative estimate of drug-likeness (QED) is 0.116. The molecule has 5 heteroatoms. The average molecular weight is 524 g/mol. The van der Waals surface area contributed by atoms with E-state index in [1.54, 1.807) is 0 Å². The van der Waals surface area contributed by atoms with Gasteiger partial charge in [0.1, 0.15) is 6.10 Å². The monoisotopic (exact) mass is 523 g/mol. The number of nitrogens with one attached hydrogen (secondary N) is 1. The second kappa shape index (κ2) is 18.2. The zero-order valence-electron chi connectivity index (χ0n) is 25.3. The Labute approximate surface area is 229 Å². The first-order valence-electron chi connectivity index (χ1n) is 15.6. The summed E-state index contributed by atoms with van der Waals surface area (Å²) in [6.07, 6.45) is 20.3. The zero-order chi connectivity index (χ0) is 27.7. The van der Waals surface area contributed by atoms with Crippen LogP contribution >= 0.6 is 0 Å². The number of carbonyl (C=O) groups excluding carboxylic acids is 1. The molecule has 1 aliphatic rings. The topological polar surface area (TPSA) is 75.6 Å². The molecule has 0 amide bonds. The minimum Gasteiger partial charge on any atom is -0.481 e. The van der Waals surface area contributed by atoms with Crippen molar-refractivity contribution in [1.82, 2.24) is 5.32 Å². The minimum absolute atomic E-state index is 0.00355. The Morgan fingerprint density at radius 1 is 0.730 bits per heavy atom. The number of aliphatic carboxylic acids is 1. The molecule has 1 heterocycles.